The fraction of sp³-hybridized carbons (Fsp3) is 0.500. The molecule has 1 atom stereocenters. The Hall–Kier alpha value is -1.46. The molecule has 1 N–H and O–H groups in total. The third-order valence-corrected chi connectivity index (χ3v) is 2.85. The molecule has 0 spiro atoms. The lowest BCUT2D eigenvalue weighted by molar-refractivity contribution is -0.178. The maximum atomic E-state index is 12.4. The highest BCUT2D eigenvalue weighted by Crippen LogP contribution is 2.38. The number of halogens is 3. The van der Waals surface area contributed by atoms with Gasteiger partial charge in [0.15, 0.2) is 0 Å². The van der Waals surface area contributed by atoms with Gasteiger partial charge in [-0.25, -0.2) is 4.79 Å². The van der Waals surface area contributed by atoms with E-state index in [1.165, 1.54) is 0 Å². The molecule has 0 radical (unpaired) electrons. The Kier molecular flexibility index (Phi) is 2.44. The van der Waals surface area contributed by atoms with E-state index in [0.717, 1.165) is 6.26 Å². The number of hydrogen-bond donors (Lipinski definition) is 1. The first kappa shape index (κ1) is 11.0. The van der Waals surface area contributed by atoms with Crippen molar-refractivity contribution in [2.24, 2.45) is 5.92 Å². The predicted molar refractivity (Wildman–Crippen MR) is 47.2 cm³/mol. The van der Waals surface area contributed by atoms with Gasteiger partial charge in [-0.2, -0.15) is 13.2 Å². The summed E-state index contributed by atoms with van der Waals surface area (Å²) < 4.78 is 42.2. The van der Waals surface area contributed by atoms with E-state index in [0.29, 0.717) is 5.56 Å². The first-order chi connectivity index (χ1) is 7.39. The van der Waals surface area contributed by atoms with Crippen molar-refractivity contribution >= 4 is 5.97 Å². The van der Waals surface area contributed by atoms with Crippen molar-refractivity contribution in [1.82, 2.24) is 0 Å². The predicted octanol–water partition coefficient (Wildman–Crippen LogP) is 2.65. The zero-order chi connectivity index (χ0) is 11.9. The summed E-state index contributed by atoms with van der Waals surface area (Å²) in [4.78, 5) is 10.7. The lowest BCUT2D eigenvalue weighted by Crippen LogP contribution is -2.28. The molecule has 0 aromatic carbocycles. The van der Waals surface area contributed by atoms with Crippen LogP contribution in [0.15, 0.2) is 10.7 Å². The molecule has 0 amide bonds. The fourth-order valence-electron chi connectivity index (χ4n) is 1.97. The second-order valence-electron chi connectivity index (χ2n) is 3.84. The van der Waals surface area contributed by atoms with Crippen molar-refractivity contribution in [3.05, 3.63) is 23.2 Å². The van der Waals surface area contributed by atoms with E-state index in [1.807, 2.05) is 0 Å². The van der Waals surface area contributed by atoms with Gasteiger partial charge in [-0.3, -0.25) is 0 Å². The molecule has 3 nitrogen and oxygen atoms in total. The van der Waals surface area contributed by atoms with Crippen LogP contribution in [0.4, 0.5) is 13.2 Å². The maximum absolute atomic E-state index is 12.4. The van der Waals surface area contributed by atoms with Gasteiger partial charge in [0.1, 0.15) is 17.6 Å². The number of aromatic carboxylic acids is 1. The van der Waals surface area contributed by atoms with Gasteiger partial charge >= 0.3 is 12.1 Å². The van der Waals surface area contributed by atoms with E-state index in [9.17, 15) is 18.0 Å². The number of alkyl halides is 3. The van der Waals surface area contributed by atoms with Crippen LogP contribution < -0.4 is 0 Å². The van der Waals surface area contributed by atoms with Gasteiger partial charge in [-0.15, -0.1) is 0 Å². The van der Waals surface area contributed by atoms with Crippen LogP contribution >= 0.6 is 0 Å². The molecule has 1 aliphatic rings. The highest BCUT2D eigenvalue weighted by Gasteiger charge is 2.42. The van der Waals surface area contributed by atoms with Crippen molar-refractivity contribution in [1.29, 1.82) is 0 Å². The van der Waals surface area contributed by atoms with E-state index >= 15 is 0 Å². The van der Waals surface area contributed by atoms with Crippen LogP contribution in [0.2, 0.25) is 0 Å². The fourth-order valence-corrected chi connectivity index (χ4v) is 1.97. The van der Waals surface area contributed by atoms with Crippen LogP contribution in [0.5, 0.6) is 0 Å². The van der Waals surface area contributed by atoms with Gasteiger partial charge in [-0.1, -0.05) is 0 Å². The summed E-state index contributed by atoms with van der Waals surface area (Å²) in [5.41, 5.74) is 0.392. The molecule has 0 bridgehead atoms. The first-order valence-electron chi connectivity index (χ1n) is 4.79. The molecule has 1 heterocycles. The smallest absolute Gasteiger partial charge is 0.392 e. The van der Waals surface area contributed by atoms with E-state index in [-0.39, 0.29) is 30.6 Å². The summed E-state index contributed by atoms with van der Waals surface area (Å²) in [5.74, 6) is -2.42. The molecular formula is C10H9F3O3. The second-order valence-corrected chi connectivity index (χ2v) is 3.84. The Morgan fingerprint density at radius 3 is 2.75 bits per heavy atom. The van der Waals surface area contributed by atoms with Crippen LogP contribution in [0.3, 0.4) is 0 Å². The van der Waals surface area contributed by atoms with Gasteiger partial charge in [0, 0.05) is 12.0 Å². The largest absolute Gasteiger partial charge is 0.478 e. The molecule has 1 aromatic heterocycles. The monoisotopic (exact) mass is 234 g/mol. The van der Waals surface area contributed by atoms with Gasteiger partial charge in [0.05, 0.1) is 5.92 Å². The number of carboxylic acids is 1. The summed E-state index contributed by atoms with van der Waals surface area (Å²) in [6.45, 7) is 0. The number of hydrogen-bond acceptors (Lipinski definition) is 2. The third kappa shape index (κ3) is 1.79. The Bertz CT molecular complexity index is 419. The number of carbonyl (C=O) groups is 1. The number of furan rings is 1. The summed E-state index contributed by atoms with van der Waals surface area (Å²) in [6, 6.07) is 0. The van der Waals surface area contributed by atoms with Gasteiger partial charge in [-0.05, 0) is 12.8 Å². The molecule has 0 saturated carbocycles. The Morgan fingerprint density at radius 1 is 1.50 bits per heavy atom. The third-order valence-electron chi connectivity index (χ3n) is 2.85. The molecule has 0 fully saturated rings. The average molecular weight is 234 g/mol. The maximum Gasteiger partial charge on any atom is 0.392 e. The van der Waals surface area contributed by atoms with Crippen molar-refractivity contribution in [2.45, 2.75) is 25.4 Å². The zero-order valence-corrected chi connectivity index (χ0v) is 8.17. The normalized spacial score (nSPS) is 20.6. The molecule has 6 heteroatoms. The van der Waals surface area contributed by atoms with Gasteiger partial charge in [0.25, 0.3) is 0 Å². The first-order valence-corrected chi connectivity index (χ1v) is 4.79. The molecule has 16 heavy (non-hydrogen) atoms. The highest BCUT2D eigenvalue weighted by molar-refractivity contribution is 5.89. The minimum Gasteiger partial charge on any atom is -0.478 e. The van der Waals surface area contributed by atoms with Crippen molar-refractivity contribution in [3.8, 4) is 0 Å². The van der Waals surface area contributed by atoms with Gasteiger partial charge < -0.3 is 9.52 Å². The highest BCUT2D eigenvalue weighted by atomic mass is 19.4. The molecule has 1 aliphatic carbocycles. The molecule has 2 rings (SSSR count). The van der Waals surface area contributed by atoms with E-state index < -0.39 is 18.1 Å². The molecule has 0 saturated heterocycles. The van der Waals surface area contributed by atoms with Crippen LogP contribution in [0.1, 0.15) is 28.1 Å². The minimum absolute atomic E-state index is 0.0179. The summed E-state index contributed by atoms with van der Waals surface area (Å²) in [7, 11) is 0. The van der Waals surface area contributed by atoms with Crippen LogP contribution in [-0.2, 0) is 12.8 Å². The SMILES string of the molecule is O=C(O)c1coc2c1CC[C@@H](C(F)(F)F)C2. The molecule has 88 valence electrons. The van der Waals surface area contributed by atoms with Crippen LogP contribution in [-0.4, -0.2) is 17.3 Å². The minimum atomic E-state index is -4.24. The average Bonchev–Trinajstić information content (AvgIpc) is 2.58. The van der Waals surface area contributed by atoms with Crippen LogP contribution in [0.25, 0.3) is 0 Å². The molecule has 0 aliphatic heterocycles. The Morgan fingerprint density at radius 2 is 2.19 bits per heavy atom. The van der Waals surface area contributed by atoms with Crippen molar-refractivity contribution in [3.63, 3.8) is 0 Å². The molecule has 0 unspecified atom stereocenters. The van der Waals surface area contributed by atoms with Crippen molar-refractivity contribution in [2.75, 3.05) is 0 Å². The Labute approximate surface area is 88.9 Å². The lowest BCUT2D eigenvalue weighted by Gasteiger charge is -2.23. The summed E-state index contributed by atoms with van der Waals surface area (Å²) >= 11 is 0. The lowest BCUT2D eigenvalue weighted by atomic mass is 9.86. The number of fused-ring (bicyclic) bond motifs is 1. The van der Waals surface area contributed by atoms with E-state index in [1.54, 1.807) is 0 Å². The molecule has 1 aromatic rings. The number of carboxylic acid groups (broad SMARTS) is 1. The zero-order valence-electron chi connectivity index (χ0n) is 8.17. The van der Waals surface area contributed by atoms with E-state index in [2.05, 4.69) is 0 Å². The van der Waals surface area contributed by atoms with Crippen LogP contribution in [0, 0.1) is 5.92 Å². The Balaban J connectivity index is 2.27. The number of rotatable bonds is 1. The second kappa shape index (κ2) is 3.54. The topological polar surface area (TPSA) is 50.4 Å². The standard InChI is InChI=1S/C10H9F3O3/c11-10(12,13)5-1-2-6-7(9(14)15)4-16-8(6)3-5/h4-5H,1-3H2,(H,14,15)/t5-/m1/s1. The molecular weight excluding hydrogens is 225 g/mol. The quantitative estimate of drug-likeness (QED) is 0.812. The van der Waals surface area contributed by atoms with Gasteiger partial charge in [0.2, 0.25) is 0 Å². The van der Waals surface area contributed by atoms with E-state index in [4.69, 9.17) is 9.52 Å². The summed E-state index contributed by atoms with van der Waals surface area (Å²) in [6.07, 6.45) is -3.44. The summed E-state index contributed by atoms with van der Waals surface area (Å²) in [5, 5.41) is 8.77. The van der Waals surface area contributed by atoms with Crippen molar-refractivity contribution < 1.29 is 27.5 Å².